The quantitative estimate of drug-likeness (QED) is 0.827. The maximum Gasteiger partial charge on any atom is 0.310 e. The molecule has 6 nitrogen and oxygen atoms in total. The number of aliphatic carboxylic acids is 1. The number of rotatable bonds is 4. The van der Waals surface area contributed by atoms with E-state index in [1.165, 1.54) is 0 Å². The number of amides is 1. The first kappa shape index (κ1) is 15.6. The van der Waals surface area contributed by atoms with Gasteiger partial charge in [-0.3, -0.25) is 9.59 Å². The molecule has 122 valence electrons. The van der Waals surface area contributed by atoms with Crippen LogP contribution in [0.3, 0.4) is 0 Å². The Kier molecular flexibility index (Phi) is 3.64. The van der Waals surface area contributed by atoms with Gasteiger partial charge in [-0.1, -0.05) is 12.2 Å². The van der Waals surface area contributed by atoms with Crippen molar-refractivity contribution in [3.63, 3.8) is 0 Å². The second kappa shape index (κ2) is 5.38. The number of hydrogen-bond acceptors (Lipinski definition) is 4. The fourth-order valence-corrected chi connectivity index (χ4v) is 3.34. The maximum atomic E-state index is 12.6. The van der Waals surface area contributed by atoms with Crippen LogP contribution in [0, 0.1) is 11.8 Å². The molecule has 1 aromatic rings. The zero-order chi connectivity index (χ0) is 16.8. The third kappa shape index (κ3) is 2.59. The summed E-state index contributed by atoms with van der Waals surface area (Å²) < 4.78 is 5.70. The van der Waals surface area contributed by atoms with Crippen LogP contribution in [0.5, 0.6) is 0 Å². The van der Waals surface area contributed by atoms with Crippen LogP contribution in [-0.4, -0.2) is 42.8 Å². The molecule has 1 fully saturated rings. The Balaban J connectivity index is 1.79. The van der Waals surface area contributed by atoms with Gasteiger partial charge in [-0.25, -0.2) is 0 Å². The fourth-order valence-electron chi connectivity index (χ4n) is 3.34. The molecule has 1 saturated heterocycles. The minimum atomic E-state index is -1.01. The first-order valence-electron chi connectivity index (χ1n) is 7.50. The monoisotopic (exact) mass is 316 g/mol. The van der Waals surface area contributed by atoms with Crippen LogP contribution in [-0.2, 0) is 14.3 Å². The van der Waals surface area contributed by atoms with E-state index in [-0.39, 0.29) is 5.91 Å². The number of benzene rings is 1. The van der Waals surface area contributed by atoms with Crippen LogP contribution in [0.4, 0.5) is 11.4 Å². The predicted octanol–water partition coefficient (Wildman–Crippen LogP) is 1.74. The standard InChI is InChI=1S/C17H20N2O4/c1-17-9-8-12(23-17)13(16(21)22)14(17)15(20)18-10-4-6-11(7-5-10)19(2)3/h4-9,12-14H,1-3H3,(H,18,20)(H,21,22)/t12-,13+,14+,17-/m1/s1. The number of nitrogens with one attached hydrogen (secondary N) is 1. The summed E-state index contributed by atoms with van der Waals surface area (Å²) in [5, 5.41) is 12.2. The van der Waals surface area contributed by atoms with Crippen molar-refractivity contribution in [3.8, 4) is 0 Å². The lowest BCUT2D eigenvalue weighted by Crippen LogP contribution is -2.44. The normalized spacial score (nSPS) is 31.2. The Bertz CT molecular complexity index is 668. The molecule has 1 amide bonds. The molecule has 2 aliphatic heterocycles. The van der Waals surface area contributed by atoms with E-state index < -0.39 is 29.5 Å². The second-order valence-corrected chi connectivity index (χ2v) is 6.40. The van der Waals surface area contributed by atoms with Crippen molar-refractivity contribution in [1.29, 1.82) is 0 Å². The molecular formula is C17H20N2O4. The van der Waals surface area contributed by atoms with E-state index in [0.29, 0.717) is 5.69 Å². The average molecular weight is 316 g/mol. The molecule has 0 spiro atoms. The number of carboxylic acids is 1. The number of carboxylic acid groups (broad SMARTS) is 1. The predicted molar refractivity (Wildman–Crippen MR) is 86.4 cm³/mol. The lowest BCUT2D eigenvalue weighted by atomic mass is 9.75. The Morgan fingerprint density at radius 3 is 2.48 bits per heavy atom. The van der Waals surface area contributed by atoms with Crippen molar-refractivity contribution in [2.45, 2.75) is 18.6 Å². The summed E-state index contributed by atoms with van der Waals surface area (Å²) >= 11 is 0. The van der Waals surface area contributed by atoms with Gasteiger partial charge < -0.3 is 20.1 Å². The van der Waals surface area contributed by atoms with Crippen LogP contribution in [0.1, 0.15) is 6.92 Å². The molecule has 2 bridgehead atoms. The van der Waals surface area contributed by atoms with Gasteiger partial charge >= 0.3 is 5.97 Å². The first-order valence-corrected chi connectivity index (χ1v) is 7.50. The molecule has 0 aromatic heterocycles. The Morgan fingerprint density at radius 1 is 1.26 bits per heavy atom. The highest BCUT2D eigenvalue weighted by molar-refractivity contribution is 5.97. The van der Waals surface area contributed by atoms with E-state index >= 15 is 0 Å². The summed E-state index contributed by atoms with van der Waals surface area (Å²) in [5.41, 5.74) is 0.797. The Labute approximate surface area is 134 Å². The summed E-state index contributed by atoms with van der Waals surface area (Å²) in [6.45, 7) is 1.76. The third-order valence-corrected chi connectivity index (χ3v) is 4.56. The van der Waals surface area contributed by atoms with E-state index in [1.54, 1.807) is 31.2 Å². The van der Waals surface area contributed by atoms with Crippen molar-refractivity contribution in [2.75, 3.05) is 24.3 Å². The highest BCUT2D eigenvalue weighted by atomic mass is 16.5. The van der Waals surface area contributed by atoms with Crippen LogP contribution in [0.25, 0.3) is 0 Å². The van der Waals surface area contributed by atoms with Gasteiger partial charge in [0.05, 0.1) is 17.6 Å². The molecule has 2 N–H and O–H groups in total. The lowest BCUT2D eigenvalue weighted by Gasteiger charge is -2.27. The zero-order valence-electron chi connectivity index (χ0n) is 13.3. The third-order valence-electron chi connectivity index (χ3n) is 4.56. The van der Waals surface area contributed by atoms with Gasteiger partial charge in [0, 0.05) is 25.5 Å². The molecule has 2 aliphatic rings. The minimum Gasteiger partial charge on any atom is -0.481 e. The smallest absolute Gasteiger partial charge is 0.310 e. The van der Waals surface area contributed by atoms with Crippen LogP contribution in [0.15, 0.2) is 36.4 Å². The number of carbonyl (C=O) groups is 2. The van der Waals surface area contributed by atoms with Crippen LogP contribution >= 0.6 is 0 Å². The molecule has 4 atom stereocenters. The number of ether oxygens (including phenoxy) is 1. The van der Waals surface area contributed by atoms with Crippen molar-refractivity contribution in [2.24, 2.45) is 11.8 Å². The SMILES string of the molecule is CN(C)c1ccc(NC(=O)[C@@H]2[C@@H](C(=O)O)[C@H]3C=C[C@@]2(C)O3)cc1. The van der Waals surface area contributed by atoms with Crippen molar-refractivity contribution in [3.05, 3.63) is 36.4 Å². The highest BCUT2D eigenvalue weighted by Gasteiger charge is 2.59. The molecule has 0 saturated carbocycles. The molecule has 3 rings (SSSR count). The topological polar surface area (TPSA) is 78.9 Å². The lowest BCUT2D eigenvalue weighted by molar-refractivity contribution is -0.146. The van der Waals surface area contributed by atoms with E-state index in [4.69, 9.17) is 4.74 Å². The van der Waals surface area contributed by atoms with Crippen LogP contribution in [0.2, 0.25) is 0 Å². The van der Waals surface area contributed by atoms with E-state index in [2.05, 4.69) is 5.32 Å². The van der Waals surface area contributed by atoms with Crippen molar-refractivity contribution >= 4 is 23.3 Å². The number of fused-ring (bicyclic) bond motifs is 2. The van der Waals surface area contributed by atoms with Gasteiger partial charge in [0.25, 0.3) is 0 Å². The van der Waals surface area contributed by atoms with E-state index in [0.717, 1.165) is 5.69 Å². The van der Waals surface area contributed by atoms with Crippen molar-refractivity contribution < 1.29 is 19.4 Å². The van der Waals surface area contributed by atoms with Gasteiger partial charge in [0.1, 0.15) is 5.92 Å². The molecular weight excluding hydrogens is 296 g/mol. The molecule has 0 aliphatic carbocycles. The number of nitrogens with zero attached hydrogens (tertiary/aromatic N) is 1. The molecule has 6 heteroatoms. The summed E-state index contributed by atoms with van der Waals surface area (Å²) in [6, 6.07) is 7.39. The average Bonchev–Trinajstić information content (AvgIpc) is 3.00. The number of anilines is 2. The summed E-state index contributed by atoms with van der Waals surface area (Å²) in [4.78, 5) is 26.1. The fraction of sp³-hybridized carbons (Fsp3) is 0.412. The largest absolute Gasteiger partial charge is 0.481 e. The van der Waals surface area contributed by atoms with Crippen molar-refractivity contribution in [1.82, 2.24) is 0 Å². The zero-order valence-corrected chi connectivity index (χ0v) is 13.3. The summed E-state index contributed by atoms with van der Waals surface area (Å²) in [5.74, 6) is -2.94. The molecule has 0 unspecified atom stereocenters. The highest BCUT2D eigenvalue weighted by Crippen LogP contribution is 2.47. The Morgan fingerprint density at radius 2 is 1.91 bits per heavy atom. The number of hydrogen-bond donors (Lipinski definition) is 2. The molecule has 0 radical (unpaired) electrons. The minimum absolute atomic E-state index is 0.329. The number of carbonyl (C=O) groups excluding carboxylic acids is 1. The van der Waals surface area contributed by atoms with E-state index in [9.17, 15) is 14.7 Å². The van der Waals surface area contributed by atoms with E-state index in [1.807, 2.05) is 31.1 Å². The van der Waals surface area contributed by atoms with Gasteiger partial charge in [-0.2, -0.15) is 0 Å². The Hall–Kier alpha value is -2.34. The summed E-state index contributed by atoms with van der Waals surface area (Å²) in [7, 11) is 3.87. The van der Waals surface area contributed by atoms with Gasteiger partial charge in [0.15, 0.2) is 0 Å². The maximum absolute atomic E-state index is 12.6. The van der Waals surface area contributed by atoms with Gasteiger partial charge in [-0.05, 0) is 31.2 Å². The first-order chi connectivity index (χ1) is 10.8. The van der Waals surface area contributed by atoms with Gasteiger partial charge in [-0.15, -0.1) is 0 Å². The van der Waals surface area contributed by atoms with Crippen LogP contribution < -0.4 is 10.2 Å². The molecule has 1 aromatic carbocycles. The summed E-state index contributed by atoms with van der Waals surface area (Å²) in [6.07, 6.45) is 2.98. The van der Waals surface area contributed by atoms with Gasteiger partial charge in [0.2, 0.25) is 5.91 Å². The molecule has 23 heavy (non-hydrogen) atoms. The molecule has 2 heterocycles. The second-order valence-electron chi connectivity index (χ2n) is 6.40.